The molecule has 0 unspecified atom stereocenters. The minimum absolute atomic E-state index is 0.233. The number of aromatic amines is 1. The fraction of sp³-hybridized carbons (Fsp3) is 0. The van der Waals surface area contributed by atoms with Gasteiger partial charge in [0.25, 0.3) is 0 Å². The lowest BCUT2D eigenvalue weighted by Gasteiger charge is -1.71. The van der Waals surface area contributed by atoms with Crippen molar-refractivity contribution in [3.05, 3.63) is 15.8 Å². The van der Waals surface area contributed by atoms with Crippen LogP contribution in [0.4, 0.5) is 5.82 Å². The molecule has 1 aromatic heterocycles. The van der Waals surface area contributed by atoms with E-state index in [4.69, 9.17) is 0 Å². The molecule has 0 fully saturated rings. The molecule has 42 valence electrons. The largest absolute Gasteiger partial charge is 0.315 e. The Hall–Kier alpha value is -0.710. The van der Waals surface area contributed by atoms with E-state index in [9.17, 15) is 4.91 Å². The molecule has 1 rings (SSSR count). The molecule has 4 nitrogen and oxygen atoms in total. The van der Waals surface area contributed by atoms with Crippen molar-refractivity contribution in [2.24, 2.45) is 5.18 Å². The molecule has 0 bridgehead atoms. The average molecular weight is 176 g/mol. The van der Waals surface area contributed by atoms with Crippen LogP contribution in [0.3, 0.4) is 0 Å². The van der Waals surface area contributed by atoms with Gasteiger partial charge in [0.1, 0.15) is 0 Å². The average Bonchev–Trinajstić information content (AvgIpc) is 2.14. The summed E-state index contributed by atoms with van der Waals surface area (Å²) in [4.78, 5) is 15.9. The molecule has 0 aromatic carbocycles. The Morgan fingerprint density at radius 1 is 1.88 bits per heavy atom. The van der Waals surface area contributed by atoms with Crippen molar-refractivity contribution in [3.8, 4) is 0 Å². The van der Waals surface area contributed by atoms with E-state index in [0.29, 0.717) is 4.73 Å². The predicted molar refractivity (Wildman–Crippen MR) is 31.7 cm³/mol. The molecule has 0 saturated carbocycles. The van der Waals surface area contributed by atoms with Gasteiger partial charge in [-0.25, -0.2) is 4.98 Å². The quantitative estimate of drug-likeness (QED) is 0.660. The van der Waals surface area contributed by atoms with Gasteiger partial charge in [-0.1, -0.05) is 0 Å². The first-order chi connectivity index (χ1) is 3.83. The third-order valence-corrected chi connectivity index (χ3v) is 1.03. The minimum Gasteiger partial charge on any atom is -0.315 e. The summed E-state index contributed by atoms with van der Waals surface area (Å²) in [5.41, 5.74) is 0. The summed E-state index contributed by atoms with van der Waals surface area (Å²) < 4.78 is 0.520. The third-order valence-electron chi connectivity index (χ3n) is 0.630. The summed E-state index contributed by atoms with van der Waals surface area (Å²) in [5, 5.41) is 2.59. The Kier molecular flexibility index (Phi) is 1.38. The zero-order valence-electron chi connectivity index (χ0n) is 3.76. The molecule has 0 aliphatic heterocycles. The Labute approximate surface area is 53.4 Å². The van der Waals surface area contributed by atoms with Gasteiger partial charge >= 0.3 is 0 Å². The fourth-order valence-corrected chi connectivity index (χ4v) is 0.640. The van der Waals surface area contributed by atoms with Gasteiger partial charge in [0.05, 0.1) is 6.20 Å². The number of H-pyrrole nitrogens is 1. The second-order valence-corrected chi connectivity index (χ2v) is 1.90. The van der Waals surface area contributed by atoms with Gasteiger partial charge in [-0.05, 0) is 21.1 Å². The number of aromatic nitrogens is 2. The Bertz CT molecular complexity index is 196. The van der Waals surface area contributed by atoms with Gasteiger partial charge in [0.15, 0.2) is 10.6 Å². The van der Waals surface area contributed by atoms with Crippen molar-refractivity contribution in [2.45, 2.75) is 0 Å². The Morgan fingerprint density at radius 2 is 2.62 bits per heavy atom. The molecule has 0 aliphatic carbocycles. The highest BCUT2D eigenvalue weighted by Gasteiger charge is 1.92. The van der Waals surface area contributed by atoms with Crippen molar-refractivity contribution in [1.29, 1.82) is 0 Å². The molecule has 1 heterocycles. The van der Waals surface area contributed by atoms with Gasteiger partial charge < -0.3 is 4.98 Å². The van der Waals surface area contributed by atoms with Crippen molar-refractivity contribution in [3.63, 3.8) is 0 Å². The van der Waals surface area contributed by atoms with Crippen molar-refractivity contribution in [2.75, 3.05) is 0 Å². The van der Waals surface area contributed by atoms with Gasteiger partial charge in [-0.15, -0.1) is 4.91 Å². The smallest absolute Gasteiger partial charge is 0.195 e. The van der Waals surface area contributed by atoms with Gasteiger partial charge in [-0.2, -0.15) is 0 Å². The van der Waals surface area contributed by atoms with E-state index in [-0.39, 0.29) is 5.82 Å². The molecule has 8 heavy (non-hydrogen) atoms. The van der Waals surface area contributed by atoms with Crippen LogP contribution in [0.1, 0.15) is 0 Å². The molecule has 0 atom stereocenters. The van der Waals surface area contributed by atoms with E-state index < -0.39 is 0 Å². The summed E-state index contributed by atoms with van der Waals surface area (Å²) in [6.07, 6.45) is 1.34. The topological polar surface area (TPSA) is 58.1 Å². The second-order valence-electron chi connectivity index (χ2n) is 1.15. The number of imidazole rings is 1. The zero-order chi connectivity index (χ0) is 5.98. The number of nitrogens with zero attached hydrogens (tertiary/aromatic N) is 2. The van der Waals surface area contributed by atoms with E-state index in [1.807, 2.05) is 0 Å². The molecule has 0 radical (unpaired) electrons. The number of rotatable bonds is 1. The predicted octanol–water partition coefficient (Wildman–Crippen LogP) is 1.57. The summed E-state index contributed by atoms with van der Waals surface area (Å²) in [6.45, 7) is 0. The lowest BCUT2D eigenvalue weighted by atomic mass is 10.8. The number of hydrogen-bond donors (Lipinski definition) is 1. The number of nitrogens with one attached hydrogen (secondary N) is 1. The van der Waals surface area contributed by atoms with Crippen LogP contribution in [-0.2, 0) is 0 Å². The van der Waals surface area contributed by atoms with Gasteiger partial charge in [-0.3, -0.25) is 0 Å². The molecule has 0 saturated heterocycles. The monoisotopic (exact) mass is 175 g/mol. The summed E-state index contributed by atoms with van der Waals surface area (Å²) in [7, 11) is 0. The SMILES string of the molecule is O=Nc1cnc(Br)[nH]1. The molecule has 1 aromatic rings. The number of halogens is 1. The maximum Gasteiger partial charge on any atom is 0.195 e. The lowest BCUT2D eigenvalue weighted by molar-refractivity contribution is 1.23. The second kappa shape index (κ2) is 2.04. The molecular weight excluding hydrogens is 174 g/mol. The van der Waals surface area contributed by atoms with Gasteiger partial charge in [0, 0.05) is 0 Å². The molecule has 0 aliphatic rings. The van der Waals surface area contributed by atoms with E-state index in [2.05, 4.69) is 31.1 Å². The van der Waals surface area contributed by atoms with E-state index in [1.165, 1.54) is 6.20 Å². The highest BCUT2D eigenvalue weighted by Crippen LogP contribution is 2.09. The van der Waals surface area contributed by atoms with Crippen LogP contribution in [0.5, 0.6) is 0 Å². The van der Waals surface area contributed by atoms with Crippen LogP contribution in [0.15, 0.2) is 16.1 Å². The maximum atomic E-state index is 9.68. The highest BCUT2D eigenvalue weighted by molar-refractivity contribution is 9.10. The first-order valence-corrected chi connectivity index (χ1v) is 2.66. The molecule has 5 heteroatoms. The fourth-order valence-electron chi connectivity index (χ4n) is 0.334. The number of nitroso groups, excluding NO2 is 1. The Morgan fingerprint density at radius 3 is 2.88 bits per heavy atom. The lowest BCUT2D eigenvalue weighted by Crippen LogP contribution is -1.59. The Balaban J connectivity index is 3.00. The zero-order valence-corrected chi connectivity index (χ0v) is 5.34. The van der Waals surface area contributed by atoms with E-state index in [1.54, 1.807) is 0 Å². The van der Waals surface area contributed by atoms with Crippen molar-refractivity contribution < 1.29 is 0 Å². The van der Waals surface area contributed by atoms with Crippen LogP contribution in [-0.4, -0.2) is 9.97 Å². The summed E-state index contributed by atoms with van der Waals surface area (Å²) >= 11 is 3.01. The standard InChI is InChI=1S/C3H2BrN3O/c4-3-5-1-2(6-3)7-8/h1H,(H,5,6). The first kappa shape index (κ1) is 5.43. The number of hydrogen-bond acceptors (Lipinski definition) is 3. The minimum atomic E-state index is 0.233. The van der Waals surface area contributed by atoms with Crippen molar-refractivity contribution in [1.82, 2.24) is 9.97 Å². The van der Waals surface area contributed by atoms with Crippen LogP contribution in [0.25, 0.3) is 0 Å². The highest BCUT2D eigenvalue weighted by atomic mass is 79.9. The van der Waals surface area contributed by atoms with Crippen LogP contribution < -0.4 is 0 Å². The van der Waals surface area contributed by atoms with Crippen LogP contribution in [0, 0.1) is 4.91 Å². The molecular formula is C3H2BrN3O. The van der Waals surface area contributed by atoms with E-state index in [0.717, 1.165) is 0 Å². The molecule has 0 amide bonds. The molecule has 0 spiro atoms. The van der Waals surface area contributed by atoms with Gasteiger partial charge in [0.2, 0.25) is 0 Å². The van der Waals surface area contributed by atoms with Crippen LogP contribution in [0.2, 0.25) is 0 Å². The normalized spacial score (nSPS) is 9.12. The third kappa shape index (κ3) is 0.919. The summed E-state index contributed by atoms with van der Waals surface area (Å²) in [5.74, 6) is 0.233. The van der Waals surface area contributed by atoms with E-state index >= 15 is 0 Å². The molecule has 1 N–H and O–H groups in total. The summed E-state index contributed by atoms with van der Waals surface area (Å²) in [6, 6.07) is 0. The first-order valence-electron chi connectivity index (χ1n) is 1.87. The maximum absolute atomic E-state index is 9.68. The van der Waals surface area contributed by atoms with Crippen LogP contribution >= 0.6 is 15.9 Å². The van der Waals surface area contributed by atoms with Crippen molar-refractivity contribution >= 4 is 21.7 Å².